The number of benzene rings is 1. The quantitative estimate of drug-likeness (QED) is 0.347. The van der Waals surface area contributed by atoms with E-state index in [1.807, 2.05) is 0 Å². The number of carbonyl (C=O) groups is 2. The number of nitrogens with zero attached hydrogens (tertiary/aromatic N) is 1. The largest absolute Gasteiger partial charge is 0.492 e. The molecule has 0 radical (unpaired) electrons. The van der Waals surface area contributed by atoms with E-state index < -0.39 is 0 Å². The van der Waals surface area contributed by atoms with Gasteiger partial charge < -0.3 is 9.64 Å². The number of halogens is 2. The van der Waals surface area contributed by atoms with Crippen molar-refractivity contribution >= 4 is 35.0 Å². The molecule has 1 fully saturated rings. The Balaban J connectivity index is 1.73. The Morgan fingerprint density at radius 3 is 2.88 bits per heavy atom. The van der Waals surface area contributed by atoms with Gasteiger partial charge >= 0.3 is 0 Å². The standard InChI is InChI=1S/C16H21Cl2N3O3/c17-12-5-6-14(13(18)9-12)24-8-2-4-15(22)21-7-1-3-11(10-21)16(23)20-19/h5-6,9,11H,1-4,7-8,10,19H2,(H,20,23). The van der Waals surface area contributed by atoms with E-state index in [-0.39, 0.29) is 17.7 Å². The Kier molecular flexibility index (Phi) is 7.15. The van der Waals surface area contributed by atoms with E-state index >= 15 is 0 Å². The number of hydrogen-bond acceptors (Lipinski definition) is 4. The molecular formula is C16H21Cl2N3O3. The predicted octanol–water partition coefficient (Wildman–Crippen LogP) is 2.38. The third-order valence-corrected chi connectivity index (χ3v) is 4.50. The summed E-state index contributed by atoms with van der Waals surface area (Å²) in [5.41, 5.74) is 2.16. The summed E-state index contributed by atoms with van der Waals surface area (Å²) in [6.07, 6.45) is 2.50. The van der Waals surface area contributed by atoms with Crippen LogP contribution in [0.3, 0.4) is 0 Å². The second-order valence-electron chi connectivity index (χ2n) is 5.71. The zero-order valence-corrected chi connectivity index (χ0v) is 14.8. The highest BCUT2D eigenvalue weighted by atomic mass is 35.5. The Labute approximate surface area is 151 Å². The van der Waals surface area contributed by atoms with Gasteiger partial charge in [-0.05, 0) is 37.5 Å². The Hall–Kier alpha value is -1.50. The average Bonchev–Trinajstić information content (AvgIpc) is 2.59. The van der Waals surface area contributed by atoms with Crippen LogP contribution < -0.4 is 16.0 Å². The summed E-state index contributed by atoms with van der Waals surface area (Å²) in [7, 11) is 0. The molecule has 132 valence electrons. The van der Waals surface area contributed by atoms with Crippen LogP contribution in [0.4, 0.5) is 0 Å². The van der Waals surface area contributed by atoms with Gasteiger partial charge in [-0.25, -0.2) is 5.84 Å². The molecule has 6 nitrogen and oxygen atoms in total. The SMILES string of the molecule is NNC(=O)C1CCCN(C(=O)CCCOc2ccc(Cl)cc2Cl)C1. The lowest BCUT2D eigenvalue weighted by Gasteiger charge is -2.31. The van der Waals surface area contributed by atoms with Crippen molar-refractivity contribution in [1.29, 1.82) is 0 Å². The summed E-state index contributed by atoms with van der Waals surface area (Å²) in [5, 5.41) is 0.990. The molecule has 0 bridgehead atoms. The maximum absolute atomic E-state index is 12.2. The summed E-state index contributed by atoms with van der Waals surface area (Å²) < 4.78 is 5.56. The van der Waals surface area contributed by atoms with Gasteiger partial charge in [0.15, 0.2) is 0 Å². The first-order valence-corrected chi connectivity index (χ1v) is 8.63. The molecule has 1 aliphatic rings. The van der Waals surface area contributed by atoms with Crippen molar-refractivity contribution in [2.75, 3.05) is 19.7 Å². The van der Waals surface area contributed by atoms with Gasteiger partial charge in [0, 0.05) is 24.5 Å². The van der Waals surface area contributed by atoms with E-state index in [4.69, 9.17) is 33.8 Å². The lowest BCUT2D eigenvalue weighted by Crippen LogP contribution is -2.47. The second-order valence-corrected chi connectivity index (χ2v) is 6.56. The highest BCUT2D eigenvalue weighted by Crippen LogP contribution is 2.27. The van der Waals surface area contributed by atoms with Crippen LogP contribution in [0.2, 0.25) is 10.0 Å². The molecule has 1 aromatic carbocycles. The van der Waals surface area contributed by atoms with Crippen molar-refractivity contribution in [1.82, 2.24) is 10.3 Å². The number of amides is 2. The van der Waals surface area contributed by atoms with E-state index in [1.165, 1.54) is 0 Å². The summed E-state index contributed by atoms with van der Waals surface area (Å²) >= 11 is 11.8. The number of nitrogens with one attached hydrogen (secondary N) is 1. The van der Waals surface area contributed by atoms with Crippen LogP contribution in [0.15, 0.2) is 18.2 Å². The molecule has 1 heterocycles. The molecule has 0 spiro atoms. The molecule has 1 atom stereocenters. The van der Waals surface area contributed by atoms with E-state index in [9.17, 15) is 9.59 Å². The fourth-order valence-corrected chi connectivity index (χ4v) is 3.15. The number of likely N-dealkylation sites (tertiary alicyclic amines) is 1. The minimum Gasteiger partial charge on any atom is -0.492 e. The van der Waals surface area contributed by atoms with Crippen molar-refractivity contribution in [2.45, 2.75) is 25.7 Å². The Bertz CT molecular complexity index is 598. The number of carbonyl (C=O) groups excluding carboxylic acids is 2. The first-order chi connectivity index (χ1) is 11.5. The number of piperidine rings is 1. The Morgan fingerprint density at radius 2 is 2.17 bits per heavy atom. The lowest BCUT2D eigenvalue weighted by molar-refractivity contribution is -0.135. The normalized spacial score (nSPS) is 17.5. The van der Waals surface area contributed by atoms with E-state index in [2.05, 4.69) is 5.43 Å². The second kappa shape index (κ2) is 9.11. The van der Waals surface area contributed by atoms with E-state index in [0.717, 1.165) is 12.8 Å². The summed E-state index contributed by atoms with van der Waals surface area (Å²) in [5.74, 6) is 5.29. The topological polar surface area (TPSA) is 84.7 Å². The number of nitrogens with two attached hydrogens (primary N) is 1. The summed E-state index contributed by atoms with van der Waals surface area (Å²) in [6.45, 7) is 1.48. The molecule has 3 N–H and O–H groups in total. The zero-order valence-electron chi connectivity index (χ0n) is 13.3. The van der Waals surface area contributed by atoms with Gasteiger partial charge in [-0.2, -0.15) is 0 Å². The van der Waals surface area contributed by atoms with Crippen LogP contribution in [-0.2, 0) is 9.59 Å². The van der Waals surface area contributed by atoms with Crippen LogP contribution in [0, 0.1) is 5.92 Å². The number of hydrazine groups is 1. The maximum Gasteiger partial charge on any atom is 0.238 e. The first kappa shape index (κ1) is 18.8. The predicted molar refractivity (Wildman–Crippen MR) is 92.8 cm³/mol. The number of hydrogen-bond donors (Lipinski definition) is 2. The minimum atomic E-state index is -0.225. The molecule has 1 unspecified atom stereocenters. The number of ether oxygens (including phenoxy) is 1. The molecule has 8 heteroatoms. The zero-order chi connectivity index (χ0) is 17.5. The molecule has 0 aliphatic carbocycles. The van der Waals surface area contributed by atoms with Gasteiger partial charge in [-0.1, -0.05) is 23.2 Å². The van der Waals surface area contributed by atoms with Gasteiger partial charge in [0.2, 0.25) is 11.8 Å². The van der Waals surface area contributed by atoms with Gasteiger partial charge in [0.25, 0.3) is 0 Å². The summed E-state index contributed by atoms with van der Waals surface area (Å²) in [4.78, 5) is 25.6. The van der Waals surface area contributed by atoms with Crippen molar-refractivity contribution < 1.29 is 14.3 Å². The average molecular weight is 374 g/mol. The van der Waals surface area contributed by atoms with Gasteiger partial charge in [-0.3, -0.25) is 15.0 Å². The molecule has 0 aromatic heterocycles. The van der Waals surface area contributed by atoms with Gasteiger partial charge in [0.1, 0.15) is 5.75 Å². The van der Waals surface area contributed by atoms with Crippen LogP contribution in [-0.4, -0.2) is 36.4 Å². The number of rotatable bonds is 6. The highest BCUT2D eigenvalue weighted by Gasteiger charge is 2.27. The molecular weight excluding hydrogens is 353 g/mol. The fourth-order valence-electron chi connectivity index (χ4n) is 2.69. The molecule has 24 heavy (non-hydrogen) atoms. The molecule has 1 aromatic rings. The van der Waals surface area contributed by atoms with Crippen LogP contribution in [0.25, 0.3) is 0 Å². The van der Waals surface area contributed by atoms with Crippen molar-refractivity contribution in [2.24, 2.45) is 11.8 Å². The van der Waals surface area contributed by atoms with Gasteiger partial charge in [-0.15, -0.1) is 0 Å². The third kappa shape index (κ3) is 5.26. The van der Waals surface area contributed by atoms with E-state index in [1.54, 1.807) is 23.1 Å². The third-order valence-electron chi connectivity index (χ3n) is 3.97. The monoisotopic (exact) mass is 373 g/mol. The molecule has 2 amide bonds. The minimum absolute atomic E-state index is 0.0234. The molecule has 0 saturated carbocycles. The van der Waals surface area contributed by atoms with Crippen LogP contribution in [0.1, 0.15) is 25.7 Å². The molecule has 1 saturated heterocycles. The Morgan fingerprint density at radius 1 is 1.38 bits per heavy atom. The van der Waals surface area contributed by atoms with Crippen molar-refractivity contribution in [3.05, 3.63) is 28.2 Å². The van der Waals surface area contributed by atoms with Gasteiger partial charge in [0.05, 0.1) is 17.5 Å². The van der Waals surface area contributed by atoms with Crippen molar-refractivity contribution in [3.63, 3.8) is 0 Å². The fraction of sp³-hybridized carbons (Fsp3) is 0.500. The lowest BCUT2D eigenvalue weighted by atomic mass is 9.97. The first-order valence-electron chi connectivity index (χ1n) is 7.87. The molecule has 1 aliphatic heterocycles. The summed E-state index contributed by atoms with van der Waals surface area (Å²) in [6, 6.07) is 5.01. The van der Waals surface area contributed by atoms with Crippen LogP contribution in [0.5, 0.6) is 5.75 Å². The van der Waals surface area contributed by atoms with Crippen LogP contribution >= 0.6 is 23.2 Å². The smallest absolute Gasteiger partial charge is 0.238 e. The highest BCUT2D eigenvalue weighted by molar-refractivity contribution is 6.35. The van der Waals surface area contributed by atoms with E-state index in [0.29, 0.717) is 48.3 Å². The molecule has 2 rings (SSSR count). The maximum atomic E-state index is 12.2. The van der Waals surface area contributed by atoms with Crippen molar-refractivity contribution in [3.8, 4) is 5.75 Å².